The van der Waals surface area contributed by atoms with Gasteiger partial charge in [-0.1, -0.05) is 12.2 Å². The molecule has 176 valence electrons. The van der Waals surface area contributed by atoms with Gasteiger partial charge >= 0.3 is 6.11 Å². The van der Waals surface area contributed by atoms with Crippen molar-refractivity contribution >= 4 is 0 Å². The van der Waals surface area contributed by atoms with Crippen LogP contribution in [0.4, 0.5) is 26.3 Å². The fourth-order valence-corrected chi connectivity index (χ4v) is 4.30. The van der Waals surface area contributed by atoms with Crippen molar-refractivity contribution in [1.82, 2.24) is 0 Å². The molecule has 1 saturated carbocycles. The summed E-state index contributed by atoms with van der Waals surface area (Å²) in [6, 6.07) is 3.70. The van der Waals surface area contributed by atoms with E-state index in [0.717, 1.165) is 37.8 Å². The standard InChI is InChI=1S/C25H23F6NO/c1-2-3-4-5-15-6-8-16(9-7-15)17-10-22(28)24(23(29)11-17)25(30,31)33-18-12-20(26)19(14-32)21(27)13-18/h2-3,10-13,15-16H,4-9H2,1H3/b3-2+. The fourth-order valence-electron chi connectivity index (χ4n) is 4.30. The third-order valence-electron chi connectivity index (χ3n) is 6.02. The maximum atomic E-state index is 14.6. The van der Waals surface area contributed by atoms with Crippen LogP contribution in [0.5, 0.6) is 5.75 Å². The molecule has 0 amide bonds. The van der Waals surface area contributed by atoms with E-state index >= 15 is 0 Å². The molecule has 0 atom stereocenters. The molecule has 8 heteroatoms. The summed E-state index contributed by atoms with van der Waals surface area (Å²) in [5, 5.41) is 8.65. The van der Waals surface area contributed by atoms with Gasteiger partial charge in [0.15, 0.2) is 0 Å². The maximum Gasteiger partial charge on any atom is 0.432 e. The summed E-state index contributed by atoms with van der Waals surface area (Å²) in [5.74, 6) is -6.48. The van der Waals surface area contributed by atoms with Gasteiger partial charge in [-0.15, -0.1) is 0 Å². The van der Waals surface area contributed by atoms with Crippen LogP contribution in [-0.2, 0) is 6.11 Å². The molecule has 2 nitrogen and oxygen atoms in total. The van der Waals surface area contributed by atoms with Gasteiger partial charge in [0, 0.05) is 12.1 Å². The minimum Gasteiger partial charge on any atom is -0.429 e. The van der Waals surface area contributed by atoms with Crippen molar-refractivity contribution in [3.05, 3.63) is 76.4 Å². The highest BCUT2D eigenvalue weighted by molar-refractivity contribution is 5.39. The Labute approximate surface area is 188 Å². The molecule has 0 spiro atoms. The van der Waals surface area contributed by atoms with E-state index in [4.69, 9.17) is 5.26 Å². The van der Waals surface area contributed by atoms with E-state index in [-0.39, 0.29) is 5.92 Å². The number of hydrogen-bond donors (Lipinski definition) is 0. The SMILES string of the molecule is C/C=C/CCC1CCC(c2cc(F)c(C(F)(F)Oc3cc(F)c(C#N)c(F)c3)c(F)c2)CC1. The van der Waals surface area contributed by atoms with Crippen molar-refractivity contribution in [2.45, 2.75) is 57.5 Å². The third kappa shape index (κ3) is 5.70. The zero-order valence-corrected chi connectivity index (χ0v) is 18.0. The van der Waals surface area contributed by atoms with Crippen LogP contribution in [0.2, 0.25) is 0 Å². The molecule has 0 radical (unpaired) electrons. The van der Waals surface area contributed by atoms with Crippen LogP contribution in [0.3, 0.4) is 0 Å². The minimum atomic E-state index is -4.54. The molecule has 1 aliphatic rings. The molecule has 0 aromatic heterocycles. The number of alkyl halides is 2. The van der Waals surface area contributed by atoms with Gasteiger partial charge in [0.2, 0.25) is 0 Å². The second-order valence-corrected chi connectivity index (χ2v) is 8.22. The number of nitrogens with zero attached hydrogens (tertiary/aromatic N) is 1. The molecule has 2 aromatic carbocycles. The highest BCUT2D eigenvalue weighted by Gasteiger charge is 2.42. The molecule has 0 unspecified atom stereocenters. The van der Waals surface area contributed by atoms with E-state index in [1.54, 1.807) is 0 Å². The molecule has 0 aliphatic heterocycles. The van der Waals surface area contributed by atoms with Crippen LogP contribution in [0.1, 0.15) is 68.1 Å². The Morgan fingerprint density at radius 3 is 2.06 bits per heavy atom. The Hall–Kier alpha value is -2.95. The zero-order chi connectivity index (χ0) is 24.2. The zero-order valence-electron chi connectivity index (χ0n) is 18.0. The van der Waals surface area contributed by atoms with Gasteiger partial charge in [-0.05, 0) is 75.0 Å². The lowest BCUT2D eigenvalue weighted by molar-refractivity contribution is -0.189. The predicted molar refractivity (Wildman–Crippen MR) is 111 cm³/mol. The van der Waals surface area contributed by atoms with Crippen molar-refractivity contribution < 1.29 is 31.1 Å². The second kappa shape index (κ2) is 10.3. The summed E-state index contributed by atoms with van der Waals surface area (Å²) in [7, 11) is 0. The first-order valence-corrected chi connectivity index (χ1v) is 10.7. The monoisotopic (exact) mass is 467 g/mol. The van der Waals surface area contributed by atoms with Crippen LogP contribution in [0, 0.1) is 40.5 Å². The first-order valence-electron chi connectivity index (χ1n) is 10.7. The Kier molecular flexibility index (Phi) is 7.72. The van der Waals surface area contributed by atoms with Crippen LogP contribution in [-0.4, -0.2) is 0 Å². The lowest BCUT2D eigenvalue weighted by Crippen LogP contribution is -2.26. The van der Waals surface area contributed by atoms with Crippen molar-refractivity contribution in [2.24, 2.45) is 5.92 Å². The number of benzene rings is 2. The lowest BCUT2D eigenvalue weighted by atomic mass is 9.77. The van der Waals surface area contributed by atoms with Gasteiger partial charge in [0.25, 0.3) is 0 Å². The number of rotatable bonds is 7. The first-order chi connectivity index (χ1) is 15.7. The van der Waals surface area contributed by atoms with Crippen molar-refractivity contribution in [3.63, 3.8) is 0 Å². The normalized spacial score (nSPS) is 19.0. The van der Waals surface area contributed by atoms with Crippen molar-refractivity contribution in [2.75, 3.05) is 0 Å². The van der Waals surface area contributed by atoms with Crippen LogP contribution in [0.25, 0.3) is 0 Å². The predicted octanol–water partition coefficient (Wildman–Crippen LogP) is 7.87. The molecule has 33 heavy (non-hydrogen) atoms. The second-order valence-electron chi connectivity index (χ2n) is 8.22. The Bertz CT molecular complexity index is 1020. The molecule has 3 rings (SSSR count). The van der Waals surface area contributed by atoms with Gasteiger partial charge in [-0.3, -0.25) is 0 Å². The number of ether oxygens (including phenoxy) is 1. The lowest BCUT2D eigenvalue weighted by Gasteiger charge is -2.29. The summed E-state index contributed by atoms with van der Waals surface area (Å²) in [6.07, 6.45) is 4.76. The Morgan fingerprint density at radius 2 is 1.55 bits per heavy atom. The molecule has 0 bridgehead atoms. The van der Waals surface area contributed by atoms with E-state index in [1.807, 2.05) is 13.0 Å². The number of hydrogen-bond acceptors (Lipinski definition) is 2. The topological polar surface area (TPSA) is 33.0 Å². The smallest absolute Gasteiger partial charge is 0.429 e. The molecule has 0 saturated heterocycles. The van der Waals surface area contributed by atoms with E-state index < -0.39 is 46.3 Å². The molecule has 1 fully saturated rings. The quantitative estimate of drug-likeness (QED) is 0.307. The summed E-state index contributed by atoms with van der Waals surface area (Å²) in [6.45, 7) is 1.96. The third-order valence-corrected chi connectivity index (χ3v) is 6.02. The number of halogens is 6. The molecular formula is C25H23F6NO. The van der Waals surface area contributed by atoms with E-state index in [9.17, 15) is 26.3 Å². The summed E-state index contributed by atoms with van der Waals surface area (Å²) >= 11 is 0. The van der Waals surface area contributed by atoms with Gasteiger partial charge in [0.05, 0.1) is 0 Å². The molecule has 0 N–H and O–H groups in total. The van der Waals surface area contributed by atoms with Crippen molar-refractivity contribution in [3.8, 4) is 11.8 Å². The molecular weight excluding hydrogens is 444 g/mol. The highest BCUT2D eigenvalue weighted by atomic mass is 19.3. The highest BCUT2D eigenvalue weighted by Crippen LogP contribution is 2.41. The van der Waals surface area contributed by atoms with Gasteiger partial charge in [0.1, 0.15) is 46.2 Å². The average Bonchev–Trinajstić information content (AvgIpc) is 2.73. The maximum absolute atomic E-state index is 14.6. The minimum absolute atomic E-state index is 0.141. The number of allylic oxidation sites excluding steroid dienone is 2. The van der Waals surface area contributed by atoms with Crippen LogP contribution >= 0.6 is 0 Å². The molecule has 1 aliphatic carbocycles. The largest absolute Gasteiger partial charge is 0.432 e. The van der Waals surface area contributed by atoms with Crippen LogP contribution < -0.4 is 4.74 Å². The van der Waals surface area contributed by atoms with Gasteiger partial charge in [-0.2, -0.15) is 14.0 Å². The first kappa shape index (κ1) is 24.7. The molecule has 2 aromatic rings. The summed E-state index contributed by atoms with van der Waals surface area (Å²) in [5.41, 5.74) is -2.33. The summed E-state index contributed by atoms with van der Waals surface area (Å²) in [4.78, 5) is 0. The van der Waals surface area contributed by atoms with E-state index in [1.165, 1.54) is 6.07 Å². The van der Waals surface area contributed by atoms with Crippen molar-refractivity contribution in [1.29, 1.82) is 5.26 Å². The molecule has 0 heterocycles. The Morgan fingerprint density at radius 1 is 0.970 bits per heavy atom. The van der Waals surface area contributed by atoms with Gasteiger partial charge < -0.3 is 4.74 Å². The number of nitriles is 1. The Balaban J connectivity index is 1.77. The fraction of sp³-hybridized carbons (Fsp3) is 0.400. The van der Waals surface area contributed by atoms with Crippen LogP contribution in [0.15, 0.2) is 36.4 Å². The van der Waals surface area contributed by atoms with E-state index in [0.29, 0.717) is 36.5 Å². The summed E-state index contributed by atoms with van der Waals surface area (Å²) < 4.78 is 90.0. The van der Waals surface area contributed by atoms with Gasteiger partial charge in [-0.25, -0.2) is 17.6 Å². The van der Waals surface area contributed by atoms with E-state index in [2.05, 4.69) is 10.8 Å². The average molecular weight is 467 g/mol.